The highest BCUT2D eigenvalue weighted by atomic mass is 35.5. The van der Waals surface area contributed by atoms with Gasteiger partial charge in [-0.05, 0) is 50.5 Å². The minimum absolute atomic E-state index is 0.738. The normalized spacial score (nSPS) is 11.1. The van der Waals surface area contributed by atoms with Gasteiger partial charge >= 0.3 is 0 Å². The molecule has 0 spiro atoms. The Bertz CT molecular complexity index is 897. The first kappa shape index (κ1) is 18.5. The van der Waals surface area contributed by atoms with Crippen LogP contribution in [0.1, 0.15) is 37.8 Å². The third-order valence-electron chi connectivity index (χ3n) is 4.47. The molecule has 3 rings (SSSR count). The van der Waals surface area contributed by atoms with Crippen molar-refractivity contribution in [1.29, 1.82) is 0 Å². The van der Waals surface area contributed by atoms with Crippen LogP contribution in [0, 0.1) is 13.8 Å². The van der Waals surface area contributed by atoms with Gasteiger partial charge in [-0.25, -0.2) is 4.98 Å². The maximum atomic E-state index is 6.09. The van der Waals surface area contributed by atoms with Crippen molar-refractivity contribution in [3.8, 4) is 0 Å². The van der Waals surface area contributed by atoms with E-state index in [1.807, 2.05) is 35.7 Å². The van der Waals surface area contributed by atoms with Gasteiger partial charge in [0.2, 0.25) is 0 Å². The fourth-order valence-corrected chi connectivity index (χ4v) is 3.49. The van der Waals surface area contributed by atoms with E-state index in [9.17, 15) is 0 Å². The number of rotatable bonds is 7. The van der Waals surface area contributed by atoms with E-state index in [0.29, 0.717) is 0 Å². The first-order valence-electron chi connectivity index (χ1n) is 9.17. The zero-order chi connectivity index (χ0) is 18.7. The van der Waals surface area contributed by atoms with Crippen LogP contribution < -0.4 is 10.2 Å². The van der Waals surface area contributed by atoms with E-state index in [4.69, 9.17) is 16.6 Å². The number of fused-ring (bicyclic) bond motifs is 1. The molecule has 2 heterocycles. The first-order chi connectivity index (χ1) is 12.5. The van der Waals surface area contributed by atoms with Crippen LogP contribution in [-0.2, 0) is 0 Å². The quantitative estimate of drug-likeness (QED) is 0.606. The highest BCUT2D eigenvalue weighted by Crippen LogP contribution is 2.30. The fourth-order valence-electron chi connectivity index (χ4n) is 3.26. The van der Waals surface area contributed by atoms with Gasteiger partial charge in [0.15, 0.2) is 5.65 Å². The number of aryl methyl sites for hydroxylation is 1. The van der Waals surface area contributed by atoms with E-state index >= 15 is 0 Å². The van der Waals surface area contributed by atoms with E-state index in [-0.39, 0.29) is 0 Å². The molecule has 138 valence electrons. The SMILES string of the molecule is CCCN(CCC)c1c(C)c(Nc2ccc(Cl)cc2C)nc2ccnn12. The third-order valence-corrected chi connectivity index (χ3v) is 4.70. The summed E-state index contributed by atoms with van der Waals surface area (Å²) in [5.74, 6) is 1.97. The summed E-state index contributed by atoms with van der Waals surface area (Å²) in [7, 11) is 0. The molecule has 0 unspecified atom stereocenters. The van der Waals surface area contributed by atoms with Crippen molar-refractivity contribution in [2.24, 2.45) is 0 Å². The molecule has 26 heavy (non-hydrogen) atoms. The summed E-state index contributed by atoms with van der Waals surface area (Å²) in [5, 5.41) is 8.74. The third kappa shape index (κ3) is 3.63. The van der Waals surface area contributed by atoms with Gasteiger partial charge in [0, 0.05) is 35.4 Å². The summed E-state index contributed by atoms with van der Waals surface area (Å²) in [6.07, 6.45) is 3.98. The van der Waals surface area contributed by atoms with Gasteiger partial charge in [-0.3, -0.25) is 0 Å². The Morgan fingerprint density at radius 2 is 1.85 bits per heavy atom. The molecule has 5 nitrogen and oxygen atoms in total. The van der Waals surface area contributed by atoms with Gasteiger partial charge in [-0.2, -0.15) is 9.61 Å². The molecule has 0 saturated heterocycles. The first-order valence-corrected chi connectivity index (χ1v) is 9.55. The van der Waals surface area contributed by atoms with Crippen LogP contribution in [0.3, 0.4) is 0 Å². The van der Waals surface area contributed by atoms with E-state index in [0.717, 1.165) is 65.1 Å². The summed E-state index contributed by atoms with van der Waals surface area (Å²) < 4.78 is 1.94. The van der Waals surface area contributed by atoms with Gasteiger partial charge in [0.25, 0.3) is 0 Å². The largest absolute Gasteiger partial charge is 0.356 e. The average Bonchev–Trinajstić information content (AvgIpc) is 3.06. The highest BCUT2D eigenvalue weighted by Gasteiger charge is 2.18. The lowest BCUT2D eigenvalue weighted by atomic mass is 10.2. The Morgan fingerprint density at radius 1 is 1.12 bits per heavy atom. The van der Waals surface area contributed by atoms with Crippen molar-refractivity contribution >= 4 is 34.6 Å². The molecule has 0 saturated carbocycles. The van der Waals surface area contributed by atoms with E-state index in [2.05, 4.69) is 36.1 Å². The van der Waals surface area contributed by atoms with Crippen molar-refractivity contribution in [1.82, 2.24) is 14.6 Å². The van der Waals surface area contributed by atoms with Crippen molar-refractivity contribution < 1.29 is 0 Å². The van der Waals surface area contributed by atoms with Crippen molar-refractivity contribution in [2.75, 3.05) is 23.3 Å². The Morgan fingerprint density at radius 3 is 2.50 bits per heavy atom. The zero-order valence-electron chi connectivity index (χ0n) is 15.9. The number of hydrogen-bond donors (Lipinski definition) is 1. The summed E-state index contributed by atoms with van der Waals surface area (Å²) in [4.78, 5) is 7.19. The lowest BCUT2D eigenvalue weighted by Crippen LogP contribution is -2.28. The number of nitrogens with zero attached hydrogens (tertiary/aromatic N) is 4. The van der Waals surface area contributed by atoms with Crippen LogP contribution in [0.4, 0.5) is 17.3 Å². The summed E-state index contributed by atoms with van der Waals surface area (Å²) in [5.41, 5.74) is 4.04. The molecule has 1 N–H and O–H groups in total. The molecule has 0 atom stereocenters. The van der Waals surface area contributed by atoms with Crippen LogP contribution in [0.15, 0.2) is 30.5 Å². The lowest BCUT2D eigenvalue weighted by Gasteiger charge is -2.27. The monoisotopic (exact) mass is 371 g/mol. The lowest BCUT2D eigenvalue weighted by molar-refractivity contribution is 0.712. The average molecular weight is 372 g/mol. The van der Waals surface area contributed by atoms with Crippen LogP contribution in [0.5, 0.6) is 0 Å². The summed E-state index contributed by atoms with van der Waals surface area (Å²) in [6, 6.07) is 7.79. The van der Waals surface area contributed by atoms with Crippen LogP contribution >= 0.6 is 11.6 Å². The van der Waals surface area contributed by atoms with Gasteiger partial charge in [0.1, 0.15) is 11.6 Å². The standard InChI is InChI=1S/C20H26ClN5/c1-5-11-25(12-6-2)20-15(4)19(24-18-9-10-22-26(18)20)23-17-8-7-16(21)13-14(17)3/h7-10,13H,5-6,11-12H2,1-4H3,(H,23,24). The number of halogens is 1. The molecule has 3 aromatic rings. The van der Waals surface area contributed by atoms with Crippen molar-refractivity contribution in [3.05, 3.63) is 46.6 Å². The molecule has 0 aliphatic heterocycles. The molecule has 0 radical (unpaired) electrons. The van der Waals surface area contributed by atoms with Crippen LogP contribution in [0.2, 0.25) is 5.02 Å². The smallest absolute Gasteiger partial charge is 0.159 e. The predicted molar refractivity (Wildman–Crippen MR) is 110 cm³/mol. The maximum Gasteiger partial charge on any atom is 0.159 e. The molecule has 0 bridgehead atoms. The number of benzene rings is 1. The minimum Gasteiger partial charge on any atom is -0.356 e. The Kier molecular flexibility index (Phi) is 5.67. The Balaban J connectivity index is 2.10. The molecule has 6 heteroatoms. The van der Waals surface area contributed by atoms with E-state index < -0.39 is 0 Å². The number of nitrogens with one attached hydrogen (secondary N) is 1. The molecular formula is C20H26ClN5. The van der Waals surface area contributed by atoms with Gasteiger partial charge < -0.3 is 10.2 Å². The molecular weight excluding hydrogens is 346 g/mol. The Labute approximate surface area is 160 Å². The fraction of sp³-hybridized carbons (Fsp3) is 0.400. The molecule has 0 fully saturated rings. The maximum absolute atomic E-state index is 6.09. The number of hydrogen-bond acceptors (Lipinski definition) is 4. The second-order valence-corrected chi connectivity index (χ2v) is 7.02. The highest BCUT2D eigenvalue weighted by molar-refractivity contribution is 6.30. The Hall–Kier alpha value is -2.27. The van der Waals surface area contributed by atoms with Crippen LogP contribution in [0.25, 0.3) is 5.65 Å². The molecule has 1 aromatic carbocycles. The predicted octanol–water partition coefficient (Wildman–Crippen LogP) is 5.37. The van der Waals surface area contributed by atoms with Gasteiger partial charge in [0.05, 0.1) is 6.20 Å². The molecule has 0 amide bonds. The summed E-state index contributed by atoms with van der Waals surface area (Å²) in [6.45, 7) is 10.5. The van der Waals surface area contributed by atoms with Gasteiger partial charge in [-0.1, -0.05) is 25.4 Å². The topological polar surface area (TPSA) is 45.5 Å². The van der Waals surface area contributed by atoms with E-state index in [1.54, 1.807) is 6.20 Å². The number of anilines is 3. The van der Waals surface area contributed by atoms with Crippen molar-refractivity contribution in [3.63, 3.8) is 0 Å². The second-order valence-electron chi connectivity index (χ2n) is 6.58. The molecule has 2 aromatic heterocycles. The van der Waals surface area contributed by atoms with Gasteiger partial charge in [-0.15, -0.1) is 0 Å². The minimum atomic E-state index is 0.738. The molecule has 0 aliphatic carbocycles. The summed E-state index contributed by atoms with van der Waals surface area (Å²) >= 11 is 6.09. The van der Waals surface area contributed by atoms with Crippen molar-refractivity contribution in [2.45, 2.75) is 40.5 Å². The molecule has 0 aliphatic rings. The number of aromatic nitrogens is 3. The van der Waals surface area contributed by atoms with E-state index in [1.165, 1.54) is 0 Å². The van der Waals surface area contributed by atoms with Crippen LogP contribution in [-0.4, -0.2) is 27.7 Å². The second kappa shape index (κ2) is 7.96. The zero-order valence-corrected chi connectivity index (χ0v) is 16.6.